The van der Waals surface area contributed by atoms with Crippen LogP contribution in [0.1, 0.15) is 24.0 Å². The first-order valence-electron chi connectivity index (χ1n) is 6.52. The molecule has 1 saturated heterocycles. The topological polar surface area (TPSA) is 38.5 Å². The molecular formula is C14H20N2O. The van der Waals surface area contributed by atoms with Crippen LogP contribution in [-0.2, 0) is 17.7 Å². The highest BCUT2D eigenvalue weighted by atomic mass is 16.5. The highest BCUT2D eigenvalue weighted by Gasteiger charge is 2.25. The van der Waals surface area contributed by atoms with E-state index in [1.54, 1.807) is 0 Å². The molecule has 0 spiro atoms. The van der Waals surface area contributed by atoms with Crippen molar-refractivity contribution in [3.8, 4) is 0 Å². The van der Waals surface area contributed by atoms with Crippen molar-refractivity contribution >= 4 is 5.69 Å². The quantitative estimate of drug-likeness (QED) is 0.750. The minimum absolute atomic E-state index is 0.717. The fourth-order valence-corrected chi connectivity index (χ4v) is 2.96. The van der Waals surface area contributed by atoms with Gasteiger partial charge < -0.3 is 10.5 Å². The van der Waals surface area contributed by atoms with E-state index in [1.807, 2.05) is 6.07 Å². The molecule has 0 saturated carbocycles. The number of ether oxygens (including phenoxy) is 1. The van der Waals surface area contributed by atoms with Crippen LogP contribution in [-0.4, -0.2) is 30.7 Å². The summed E-state index contributed by atoms with van der Waals surface area (Å²) in [6.07, 6.45) is 3.51. The molecule has 0 radical (unpaired) electrons. The fourth-order valence-electron chi connectivity index (χ4n) is 2.96. The van der Waals surface area contributed by atoms with Crippen LogP contribution in [0.5, 0.6) is 0 Å². The van der Waals surface area contributed by atoms with E-state index in [9.17, 15) is 0 Å². The van der Waals surface area contributed by atoms with Crippen LogP contribution in [0.3, 0.4) is 0 Å². The summed E-state index contributed by atoms with van der Waals surface area (Å²) in [5.41, 5.74) is 9.61. The predicted octanol–water partition coefficient (Wildman–Crippen LogP) is 1.81. The normalized spacial score (nSPS) is 22.4. The van der Waals surface area contributed by atoms with E-state index in [1.165, 1.54) is 30.5 Å². The number of anilines is 1. The zero-order valence-corrected chi connectivity index (χ0v) is 10.2. The summed E-state index contributed by atoms with van der Waals surface area (Å²) in [4.78, 5) is 2.61. The van der Waals surface area contributed by atoms with Gasteiger partial charge >= 0.3 is 0 Å². The van der Waals surface area contributed by atoms with Crippen LogP contribution in [0.15, 0.2) is 18.2 Å². The van der Waals surface area contributed by atoms with Gasteiger partial charge in [0.25, 0.3) is 0 Å². The molecule has 92 valence electrons. The lowest BCUT2D eigenvalue weighted by Gasteiger charge is -2.37. The molecule has 2 N–H and O–H groups in total. The van der Waals surface area contributed by atoms with E-state index in [-0.39, 0.29) is 0 Å². The van der Waals surface area contributed by atoms with E-state index in [0.29, 0.717) is 0 Å². The van der Waals surface area contributed by atoms with E-state index >= 15 is 0 Å². The monoisotopic (exact) mass is 232 g/mol. The lowest BCUT2D eigenvalue weighted by Crippen LogP contribution is -2.42. The van der Waals surface area contributed by atoms with Crippen LogP contribution < -0.4 is 5.73 Å². The fraction of sp³-hybridized carbons (Fsp3) is 0.571. The van der Waals surface area contributed by atoms with Crippen molar-refractivity contribution in [2.45, 2.75) is 31.8 Å². The van der Waals surface area contributed by atoms with E-state index in [2.05, 4.69) is 17.0 Å². The minimum atomic E-state index is 0.717. The van der Waals surface area contributed by atoms with Crippen molar-refractivity contribution < 1.29 is 4.74 Å². The Morgan fingerprint density at radius 3 is 2.82 bits per heavy atom. The minimum Gasteiger partial charge on any atom is -0.399 e. The number of hydrogen-bond donors (Lipinski definition) is 1. The van der Waals surface area contributed by atoms with Crippen molar-refractivity contribution in [2.75, 3.05) is 25.5 Å². The first kappa shape index (κ1) is 11.1. The first-order valence-corrected chi connectivity index (χ1v) is 6.52. The van der Waals surface area contributed by atoms with Gasteiger partial charge in [-0.25, -0.2) is 0 Å². The van der Waals surface area contributed by atoms with Gasteiger partial charge in [0.1, 0.15) is 0 Å². The maximum absolute atomic E-state index is 5.83. The molecule has 3 nitrogen and oxygen atoms in total. The number of benzene rings is 1. The van der Waals surface area contributed by atoms with Gasteiger partial charge in [0, 0.05) is 38.0 Å². The maximum Gasteiger partial charge on any atom is 0.0480 e. The third-order valence-electron chi connectivity index (χ3n) is 3.98. The van der Waals surface area contributed by atoms with Crippen LogP contribution in [0, 0.1) is 0 Å². The zero-order chi connectivity index (χ0) is 11.7. The van der Waals surface area contributed by atoms with Gasteiger partial charge in [-0.15, -0.1) is 0 Å². The van der Waals surface area contributed by atoms with Crippen molar-refractivity contribution in [1.29, 1.82) is 0 Å². The summed E-state index contributed by atoms with van der Waals surface area (Å²) in [7, 11) is 0. The Morgan fingerprint density at radius 2 is 2.00 bits per heavy atom. The third kappa shape index (κ3) is 2.31. The molecule has 1 fully saturated rings. The average molecular weight is 232 g/mol. The summed E-state index contributed by atoms with van der Waals surface area (Å²) >= 11 is 0. The molecule has 2 aliphatic rings. The molecule has 0 bridgehead atoms. The van der Waals surface area contributed by atoms with Gasteiger partial charge in [-0.2, -0.15) is 0 Å². The number of nitrogens with zero attached hydrogens (tertiary/aromatic N) is 1. The van der Waals surface area contributed by atoms with E-state index in [0.717, 1.165) is 37.9 Å². The third-order valence-corrected chi connectivity index (χ3v) is 3.98. The maximum atomic E-state index is 5.83. The zero-order valence-electron chi connectivity index (χ0n) is 10.2. The Labute approximate surface area is 103 Å². The number of nitrogen functional groups attached to an aromatic ring is 1. The summed E-state index contributed by atoms with van der Waals surface area (Å²) in [6, 6.07) is 7.06. The number of hydrogen-bond acceptors (Lipinski definition) is 3. The van der Waals surface area contributed by atoms with Crippen molar-refractivity contribution in [3.63, 3.8) is 0 Å². The van der Waals surface area contributed by atoms with E-state index < -0.39 is 0 Å². The molecule has 2 heterocycles. The van der Waals surface area contributed by atoms with Gasteiger partial charge in [0.05, 0.1) is 0 Å². The highest BCUT2D eigenvalue weighted by molar-refractivity contribution is 5.45. The van der Waals surface area contributed by atoms with Gasteiger partial charge in [-0.05, 0) is 42.5 Å². The molecule has 2 aliphatic heterocycles. The molecule has 3 heteroatoms. The molecule has 0 unspecified atom stereocenters. The van der Waals surface area contributed by atoms with Gasteiger partial charge in [-0.1, -0.05) is 6.07 Å². The predicted molar refractivity (Wildman–Crippen MR) is 68.8 cm³/mol. The summed E-state index contributed by atoms with van der Waals surface area (Å²) < 4.78 is 5.43. The van der Waals surface area contributed by atoms with Crippen LogP contribution in [0.25, 0.3) is 0 Å². The lowest BCUT2D eigenvalue weighted by atomic mass is 9.96. The smallest absolute Gasteiger partial charge is 0.0480 e. The SMILES string of the molecule is Nc1ccc2c(c1)CCN(C1CCOCC1)C2. The van der Waals surface area contributed by atoms with Gasteiger partial charge in [0.2, 0.25) is 0 Å². The van der Waals surface area contributed by atoms with Gasteiger partial charge in [-0.3, -0.25) is 4.90 Å². The first-order chi connectivity index (χ1) is 8.33. The Bertz CT molecular complexity index is 399. The molecule has 0 atom stereocenters. The second-order valence-corrected chi connectivity index (χ2v) is 5.09. The molecule has 0 aromatic heterocycles. The van der Waals surface area contributed by atoms with Crippen LogP contribution in [0.4, 0.5) is 5.69 Å². The van der Waals surface area contributed by atoms with Crippen molar-refractivity contribution in [2.24, 2.45) is 0 Å². The molecule has 3 rings (SSSR count). The molecule has 17 heavy (non-hydrogen) atoms. The summed E-state index contributed by atoms with van der Waals surface area (Å²) in [6.45, 7) is 4.10. The van der Waals surface area contributed by atoms with Crippen molar-refractivity contribution in [1.82, 2.24) is 4.90 Å². The molecule has 0 aliphatic carbocycles. The Hall–Kier alpha value is -1.06. The highest BCUT2D eigenvalue weighted by Crippen LogP contribution is 2.25. The standard InChI is InChI=1S/C14H20N2O/c15-13-2-1-12-10-16(6-3-11(12)9-13)14-4-7-17-8-5-14/h1-2,9,14H,3-8,10,15H2. The second-order valence-electron chi connectivity index (χ2n) is 5.09. The van der Waals surface area contributed by atoms with E-state index in [4.69, 9.17) is 10.5 Å². The average Bonchev–Trinajstić information content (AvgIpc) is 2.39. The lowest BCUT2D eigenvalue weighted by molar-refractivity contribution is 0.0290. The molecule has 1 aromatic carbocycles. The van der Waals surface area contributed by atoms with Crippen LogP contribution in [0.2, 0.25) is 0 Å². The molecule has 0 amide bonds. The van der Waals surface area contributed by atoms with Gasteiger partial charge in [0.15, 0.2) is 0 Å². The number of fused-ring (bicyclic) bond motifs is 1. The molecule has 1 aromatic rings. The number of rotatable bonds is 1. The second kappa shape index (κ2) is 4.67. The van der Waals surface area contributed by atoms with Crippen molar-refractivity contribution in [3.05, 3.63) is 29.3 Å². The largest absolute Gasteiger partial charge is 0.399 e. The Morgan fingerprint density at radius 1 is 1.18 bits per heavy atom. The molecular weight excluding hydrogens is 212 g/mol. The Balaban J connectivity index is 1.73. The number of nitrogens with two attached hydrogens (primary N) is 1. The Kier molecular flexibility index (Phi) is 3.04. The summed E-state index contributed by atoms with van der Waals surface area (Å²) in [5, 5.41) is 0. The summed E-state index contributed by atoms with van der Waals surface area (Å²) in [5.74, 6) is 0. The van der Waals surface area contributed by atoms with Crippen LogP contribution >= 0.6 is 0 Å².